The molecule has 0 bridgehead atoms. The summed E-state index contributed by atoms with van der Waals surface area (Å²) < 4.78 is 11.4. The molecule has 4 heteroatoms. The van der Waals surface area contributed by atoms with Gasteiger partial charge in [0, 0.05) is 18.8 Å². The highest BCUT2D eigenvalue weighted by Crippen LogP contribution is 2.54. The fourth-order valence-electron chi connectivity index (χ4n) is 4.76. The zero-order valence-electron chi connectivity index (χ0n) is 15.5. The summed E-state index contributed by atoms with van der Waals surface area (Å²) in [7, 11) is 0. The van der Waals surface area contributed by atoms with Gasteiger partial charge in [-0.15, -0.1) is 0 Å². The van der Waals surface area contributed by atoms with Crippen molar-refractivity contribution in [3.8, 4) is 0 Å². The molecule has 4 atom stereocenters. The summed E-state index contributed by atoms with van der Waals surface area (Å²) in [5, 5.41) is 11.3. The third-order valence-electron chi connectivity index (χ3n) is 6.19. The van der Waals surface area contributed by atoms with E-state index in [0.29, 0.717) is 12.8 Å². The molecule has 4 unspecified atom stereocenters. The summed E-state index contributed by atoms with van der Waals surface area (Å²) in [6.07, 6.45) is 5.09. The van der Waals surface area contributed by atoms with E-state index in [2.05, 4.69) is 13.8 Å². The molecule has 1 fully saturated rings. The molecule has 24 heavy (non-hydrogen) atoms. The largest absolute Gasteiger partial charge is 0.469 e. The van der Waals surface area contributed by atoms with Gasteiger partial charge in [-0.05, 0) is 55.6 Å². The molecule has 0 spiro atoms. The Morgan fingerprint density at radius 2 is 2.17 bits per heavy atom. The SMILES string of the molecule is Cc1coc2c1CC1C(C)(CCC(OC(=O)CC(C)C)C1(C)O)C2. The van der Waals surface area contributed by atoms with Crippen molar-refractivity contribution in [1.82, 2.24) is 0 Å². The van der Waals surface area contributed by atoms with Crippen LogP contribution in [0.25, 0.3) is 0 Å². The first-order valence-electron chi connectivity index (χ1n) is 9.11. The summed E-state index contributed by atoms with van der Waals surface area (Å²) in [6.45, 7) is 10.1. The van der Waals surface area contributed by atoms with E-state index in [-0.39, 0.29) is 23.2 Å². The zero-order chi connectivity index (χ0) is 17.7. The molecule has 0 aromatic carbocycles. The minimum atomic E-state index is -1.01. The summed E-state index contributed by atoms with van der Waals surface area (Å²) in [6, 6.07) is 0. The van der Waals surface area contributed by atoms with Gasteiger partial charge in [0.15, 0.2) is 0 Å². The highest BCUT2D eigenvalue weighted by atomic mass is 16.6. The van der Waals surface area contributed by atoms with Gasteiger partial charge in [0.1, 0.15) is 17.5 Å². The van der Waals surface area contributed by atoms with Crippen molar-refractivity contribution >= 4 is 5.97 Å². The second-order valence-corrected chi connectivity index (χ2v) is 8.75. The van der Waals surface area contributed by atoms with Crippen molar-refractivity contribution in [2.24, 2.45) is 17.3 Å². The molecule has 0 amide bonds. The quantitative estimate of drug-likeness (QED) is 0.854. The average molecular weight is 334 g/mol. The molecule has 4 nitrogen and oxygen atoms in total. The molecule has 1 aromatic heterocycles. The molecule has 1 heterocycles. The third-order valence-corrected chi connectivity index (χ3v) is 6.19. The van der Waals surface area contributed by atoms with Crippen LogP contribution < -0.4 is 0 Å². The van der Waals surface area contributed by atoms with Crippen LogP contribution in [0.5, 0.6) is 0 Å². The molecule has 1 N–H and O–H groups in total. The summed E-state index contributed by atoms with van der Waals surface area (Å²) >= 11 is 0. The first-order valence-corrected chi connectivity index (χ1v) is 9.11. The fourth-order valence-corrected chi connectivity index (χ4v) is 4.76. The van der Waals surface area contributed by atoms with E-state index in [1.807, 2.05) is 27.0 Å². The van der Waals surface area contributed by atoms with Crippen molar-refractivity contribution in [2.45, 2.75) is 78.4 Å². The normalized spacial score (nSPS) is 35.5. The number of carbonyl (C=O) groups excluding carboxylic acids is 1. The molecular weight excluding hydrogens is 304 g/mol. The molecule has 2 aliphatic rings. The van der Waals surface area contributed by atoms with Gasteiger partial charge in [-0.1, -0.05) is 20.8 Å². The van der Waals surface area contributed by atoms with Gasteiger partial charge in [0.05, 0.1) is 6.26 Å². The molecule has 134 valence electrons. The van der Waals surface area contributed by atoms with Crippen molar-refractivity contribution in [3.63, 3.8) is 0 Å². The van der Waals surface area contributed by atoms with E-state index < -0.39 is 11.7 Å². The molecule has 0 aliphatic heterocycles. The van der Waals surface area contributed by atoms with Crippen molar-refractivity contribution < 1.29 is 19.1 Å². The zero-order valence-corrected chi connectivity index (χ0v) is 15.5. The van der Waals surface area contributed by atoms with Crippen LogP contribution in [0.2, 0.25) is 0 Å². The highest BCUT2D eigenvalue weighted by molar-refractivity contribution is 5.69. The maximum Gasteiger partial charge on any atom is 0.306 e. The van der Waals surface area contributed by atoms with Gasteiger partial charge in [-0.25, -0.2) is 0 Å². The van der Waals surface area contributed by atoms with Crippen LogP contribution in [0, 0.1) is 24.2 Å². The number of aliphatic hydroxyl groups is 1. The molecular formula is C20H30O4. The number of hydrogen-bond acceptors (Lipinski definition) is 4. The number of aryl methyl sites for hydroxylation is 1. The predicted octanol–water partition coefficient (Wildman–Crippen LogP) is 3.81. The Morgan fingerprint density at radius 1 is 1.46 bits per heavy atom. The van der Waals surface area contributed by atoms with Crippen molar-refractivity contribution in [1.29, 1.82) is 0 Å². The molecule has 2 aliphatic carbocycles. The third kappa shape index (κ3) is 2.90. The van der Waals surface area contributed by atoms with Crippen molar-refractivity contribution in [2.75, 3.05) is 0 Å². The Morgan fingerprint density at radius 3 is 2.83 bits per heavy atom. The molecule has 1 saturated carbocycles. The first-order chi connectivity index (χ1) is 11.1. The van der Waals surface area contributed by atoms with E-state index >= 15 is 0 Å². The van der Waals surface area contributed by atoms with Gasteiger partial charge in [0.25, 0.3) is 0 Å². The first kappa shape index (κ1) is 17.5. The smallest absolute Gasteiger partial charge is 0.306 e. The summed E-state index contributed by atoms with van der Waals surface area (Å²) in [5.41, 5.74) is 1.36. The van der Waals surface area contributed by atoms with Crippen LogP contribution in [0.3, 0.4) is 0 Å². The highest BCUT2D eigenvalue weighted by Gasteiger charge is 2.56. The van der Waals surface area contributed by atoms with Crippen LogP contribution in [0.1, 0.15) is 63.8 Å². The van der Waals surface area contributed by atoms with Gasteiger partial charge in [-0.2, -0.15) is 0 Å². The van der Waals surface area contributed by atoms with Crippen LogP contribution >= 0.6 is 0 Å². The van der Waals surface area contributed by atoms with E-state index in [9.17, 15) is 9.90 Å². The standard InChI is InChI=1S/C20H30O4/c1-12(2)8-18(21)24-17-6-7-19(4)10-15-14(13(3)11-23-15)9-16(19)20(17,5)22/h11-12,16-17,22H,6-10H2,1-5H3. The lowest BCUT2D eigenvalue weighted by Gasteiger charge is -2.54. The Hall–Kier alpha value is -1.29. The monoisotopic (exact) mass is 334 g/mol. The average Bonchev–Trinajstić information content (AvgIpc) is 2.80. The predicted molar refractivity (Wildman–Crippen MR) is 91.6 cm³/mol. The maximum absolute atomic E-state index is 12.1. The lowest BCUT2D eigenvalue weighted by atomic mass is 9.54. The Labute approximate surface area is 144 Å². The number of ether oxygens (including phenoxy) is 1. The summed E-state index contributed by atoms with van der Waals surface area (Å²) in [4.78, 5) is 12.1. The van der Waals surface area contributed by atoms with Crippen molar-refractivity contribution in [3.05, 3.63) is 23.2 Å². The number of furan rings is 1. The Kier molecular flexibility index (Phi) is 4.31. The van der Waals surface area contributed by atoms with Crippen LogP contribution in [0.15, 0.2) is 10.7 Å². The van der Waals surface area contributed by atoms with Gasteiger partial charge in [-0.3, -0.25) is 4.79 Å². The number of fused-ring (bicyclic) bond motifs is 2. The number of rotatable bonds is 3. The lowest BCUT2D eigenvalue weighted by molar-refractivity contribution is -0.198. The summed E-state index contributed by atoms with van der Waals surface area (Å²) in [5.74, 6) is 1.20. The molecule has 0 radical (unpaired) electrons. The van der Waals surface area contributed by atoms with Gasteiger partial charge in [0.2, 0.25) is 0 Å². The second kappa shape index (κ2) is 5.91. The minimum Gasteiger partial charge on any atom is -0.469 e. The van der Waals surface area contributed by atoms with Gasteiger partial charge < -0.3 is 14.3 Å². The van der Waals surface area contributed by atoms with E-state index in [1.54, 1.807) is 0 Å². The maximum atomic E-state index is 12.1. The number of esters is 1. The number of hydrogen-bond donors (Lipinski definition) is 1. The van der Waals surface area contributed by atoms with Crippen LogP contribution in [-0.2, 0) is 22.4 Å². The lowest BCUT2D eigenvalue weighted by Crippen LogP contribution is -2.60. The van der Waals surface area contributed by atoms with Crippen LogP contribution in [-0.4, -0.2) is 22.8 Å². The van der Waals surface area contributed by atoms with E-state index in [0.717, 1.165) is 30.6 Å². The van der Waals surface area contributed by atoms with Crippen LogP contribution in [0.4, 0.5) is 0 Å². The fraction of sp³-hybridized carbons (Fsp3) is 0.750. The molecule has 1 aromatic rings. The Balaban J connectivity index is 1.83. The van der Waals surface area contributed by atoms with E-state index in [1.165, 1.54) is 5.56 Å². The Bertz CT molecular complexity index is 628. The topological polar surface area (TPSA) is 59.7 Å². The molecule has 0 saturated heterocycles. The van der Waals surface area contributed by atoms with Gasteiger partial charge >= 0.3 is 5.97 Å². The van der Waals surface area contributed by atoms with E-state index in [4.69, 9.17) is 9.15 Å². The minimum absolute atomic E-state index is 0.0122. The second-order valence-electron chi connectivity index (χ2n) is 8.75. The number of carbonyl (C=O) groups is 1. The molecule has 3 rings (SSSR count).